The summed E-state index contributed by atoms with van der Waals surface area (Å²) >= 11 is 0. The van der Waals surface area contributed by atoms with E-state index < -0.39 is 5.97 Å². The number of ether oxygens (including phenoxy) is 1. The van der Waals surface area contributed by atoms with Crippen molar-refractivity contribution in [3.63, 3.8) is 0 Å². The maximum atomic E-state index is 11.4. The summed E-state index contributed by atoms with van der Waals surface area (Å²) in [6.07, 6.45) is 2.19. The van der Waals surface area contributed by atoms with Gasteiger partial charge in [-0.25, -0.2) is 4.79 Å². The van der Waals surface area contributed by atoms with E-state index >= 15 is 0 Å². The minimum absolute atomic E-state index is 0.0141. The Morgan fingerprint density at radius 1 is 1.59 bits per heavy atom. The summed E-state index contributed by atoms with van der Waals surface area (Å²) in [7, 11) is 1.60. The Hall–Kier alpha value is -1.89. The quantitative estimate of drug-likeness (QED) is 0.641. The molecule has 1 amide bonds. The summed E-state index contributed by atoms with van der Waals surface area (Å²) in [4.78, 5) is 21.9. The Kier molecular flexibility index (Phi) is 5.15. The Bertz CT molecular complexity index is 389. The van der Waals surface area contributed by atoms with Crippen molar-refractivity contribution < 1.29 is 19.4 Å². The first kappa shape index (κ1) is 13.2. The molecule has 7 heteroatoms. The van der Waals surface area contributed by atoms with Crippen molar-refractivity contribution in [1.82, 2.24) is 15.1 Å². The van der Waals surface area contributed by atoms with Crippen molar-refractivity contribution in [3.8, 4) is 0 Å². The Labute approximate surface area is 98.4 Å². The first-order valence-corrected chi connectivity index (χ1v) is 5.16. The van der Waals surface area contributed by atoms with Crippen molar-refractivity contribution in [3.05, 3.63) is 18.0 Å². The summed E-state index contributed by atoms with van der Waals surface area (Å²) in [5.74, 6) is -1.31. The topological polar surface area (TPSA) is 93.5 Å². The lowest BCUT2D eigenvalue weighted by Crippen LogP contribution is -2.29. The number of carbonyl (C=O) groups excluding carboxylic acids is 1. The summed E-state index contributed by atoms with van der Waals surface area (Å²) in [6, 6.07) is 1.35. The second-order valence-corrected chi connectivity index (χ2v) is 3.40. The molecule has 1 heterocycles. The smallest absolute Gasteiger partial charge is 0.356 e. The average Bonchev–Trinajstić information content (AvgIpc) is 2.73. The van der Waals surface area contributed by atoms with Gasteiger partial charge < -0.3 is 15.2 Å². The summed E-state index contributed by atoms with van der Waals surface area (Å²) in [6.45, 7) is 1.13. The zero-order chi connectivity index (χ0) is 12.7. The second kappa shape index (κ2) is 6.64. The monoisotopic (exact) mass is 241 g/mol. The van der Waals surface area contributed by atoms with Gasteiger partial charge in [-0.15, -0.1) is 0 Å². The number of carbonyl (C=O) groups is 2. The maximum Gasteiger partial charge on any atom is 0.356 e. The van der Waals surface area contributed by atoms with Crippen LogP contribution in [-0.2, 0) is 16.1 Å². The van der Waals surface area contributed by atoms with Gasteiger partial charge in [-0.05, 0) is 12.5 Å². The molecule has 0 aliphatic rings. The predicted octanol–water partition coefficient (Wildman–Crippen LogP) is -0.266. The minimum Gasteiger partial charge on any atom is -0.476 e. The lowest BCUT2D eigenvalue weighted by Gasteiger charge is -2.04. The van der Waals surface area contributed by atoms with Crippen LogP contribution in [0.15, 0.2) is 12.3 Å². The van der Waals surface area contributed by atoms with Crippen molar-refractivity contribution >= 4 is 11.9 Å². The maximum absolute atomic E-state index is 11.4. The van der Waals surface area contributed by atoms with Crippen LogP contribution in [0.1, 0.15) is 16.9 Å². The van der Waals surface area contributed by atoms with E-state index in [9.17, 15) is 9.59 Å². The number of rotatable bonds is 7. The summed E-state index contributed by atoms with van der Waals surface area (Å²) < 4.78 is 6.12. The highest BCUT2D eigenvalue weighted by Crippen LogP contribution is 1.95. The van der Waals surface area contributed by atoms with Gasteiger partial charge in [-0.3, -0.25) is 9.48 Å². The number of nitrogens with zero attached hydrogens (tertiary/aromatic N) is 2. The fourth-order valence-electron chi connectivity index (χ4n) is 1.21. The molecule has 0 spiro atoms. The van der Waals surface area contributed by atoms with Gasteiger partial charge >= 0.3 is 5.97 Å². The standard InChI is InChI=1S/C10H15N3O4/c1-17-6-2-4-11-9(14)7-13-5-3-8(12-13)10(15)16/h3,5H,2,4,6-7H2,1H3,(H,11,14)(H,15,16). The largest absolute Gasteiger partial charge is 0.476 e. The third kappa shape index (κ3) is 4.64. The van der Waals surface area contributed by atoms with E-state index in [1.165, 1.54) is 16.9 Å². The first-order chi connectivity index (χ1) is 8.13. The van der Waals surface area contributed by atoms with Crippen LogP contribution in [0.5, 0.6) is 0 Å². The van der Waals surface area contributed by atoms with Gasteiger partial charge in [0.05, 0.1) is 0 Å². The van der Waals surface area contributed by atoms with E-state index in [2.05, 4.69) is 10.4 Å². The fraction of sp³-hybridized carbons (Fsp3) is 0.500. The van der Waals surface area contributed by atoms with Gasteiger partial charge in [0.2, 0.25) is 5.91 Å². The molecule has 2 N–H and O–H groups in total. The molecule has 0 saturated heterocycles. The molecule has 7 nitrogen and oxygen atoms in total. The van der Waals surface area contributed by atoms with Crippen LogP contribution in [0.3, 0.4) is 0 Å². The van der Waals surface area contributed by atoms with Crippen LogP contribution in [0.4, 0.5) is 0 Å². The van der Waals surface area contributed by atoms with Crippen molar-refractivity contribution in [1.29, 1.82) is 0 Å². The van der Waals surface area contributed by atoms with Crippen LogP contribution < -0.4 is 5.32 Å². The molecule has 17 heavy (non-hydrogen) atoms. The van der Waals surface area contributed by atoms with Gasteiger partial charge in [-0.2, -0.15) is 5.10 Å². The van der Waals surface area contributed by atoms with Crippen LogP contribution in [0, 0.1) is 0 Å². The predicted molar refractivity (Wildman–Crippen MR) is 58.7 cm³/mol. The van der Waals surface area contributed by atoms with E-state index in [-0.39, 0.29) is 18.1 Å². The van der Waals surface area contributed by atoms with Crippen molar-refractivity contribution in [2.75, 3.05) is 20.3 Å². The number of carboxylic acid groups (broad SMARTS) is 1. The first-order valence-electron chi connectivity index (χ1n) is 5.16. The molecule has 0 atom stereocenters. The molecule has 0 bridgehead atoms. The molecule has 1 aromatic heterocycles. The number of nitrogens with one attached hydrogen (secondary N) is 1. The molecule has 1 rings (SSSR count). The highest BCUT2D eigenvalue weighted by atomic mass is 16.5. The molecule has 0 fully saturated rings. The zero-order valence-corrected chi connectivity index (χ0v) is 9.55. The van der Waals surface area contributed by atoms with Gasteiger partial charge in [0.15, 0.2) is 5.69 Å². The number of aromatic nitrogens is 2. The van der Waals surface area contributed by atoms with Crippen LogP contribution >= 0.6 is 0 Å². The lowest BCUT2D eigenvalue weighted by molar-refractivity contribution is -0.121. The number of carboxylic acids is 1. The van der Waals surface area contributed by atoms with Gasteiger partial charge in [0, 0.05) is 26.5 Å². The van der Waals surface area contributed by atoms with Crippen molar-refractivity contribution in [2.24, 2.45) is 0 Å². The molecule has 0 aliphatic carbocycles. The third-order valence-corrected chi connectivity index (χ3v) is 2.01. The molecule has 0 saturated carbocycles. The molecular weight excluding hydrogens is 226 g/mol. The molecule has 1 aromatic rings. The highest BCUT2D eigenvalue weighted by Gasteiger charge is 2.08. The van der Waals surface area contributed by atoms with E-state index in [4.69, 9.17) is 9.84 Å². The number of amides is 1. The van der Waals surface area contributed by atoms with E-state index in [1.807, 2.05) is 0 Å². The van der Waals surface area contributed by atoms with Crippen LogP contribution in [-0.4, -0.2) is 47.0 Å². The van der Waals surface area contributed by atoms with Gasteiger partial charge in [0.1, 0.15) is 6.54 Å². The zero-order valence-electron chi connectivity index (χ0n) is 9.55. The van der Waals surface area contributed by atoms with E-state index in [1.54, 1.807) is 7.11 Å². The van der Waals surface area contributed by atoms with Gasteiger partial charge in [0.25, 0.3) is 0 Å². The number of hydrogen-bond donors (Lipinski definition) is 2. The summed E-state index contributed by atoms with van der Waals surface area (Å²) in [5, 5.41) is 15.0. The van der Waals surface area contributed by atoms with E-state index in [0.29, 0.717) is 13.2 Å². The normalized spacial score (nSPS) is 10.2. The third-order valence-electron chi connectivity index (χ3n) is 2.01. The van der Waals surface area contributed by atoms with Crippen molar-refractivity contribution in [2.45, 2.75) is 13.0 Å². The van der Waals surface area contributed by atoms with E-state index in [0.717, 1.165) is 6.42 Å². The highest BCUT2D eigenvalue weighted by molar-refractivity contribution is 5.85. The number of hydrogen-bond acceptors (Lipinski definition) is 4. The SMILES string of the molecule is COCCCNC(=O)Cn1ccc(C(=O)O)n1. The fourth-order valence-corrected chi connectivity index (χ4v) is 1.21. The lowest BCUT2D eigenvalue weighted by atomic mass is 10.4. The minimum atomic E-state index is -1.11. The molecule has 0 radical (unpaired) electrons. The Morgan fingerprint density at radius 3 is 2.94 bits per heavy atom. The van der Waals surface area contributed by atoms with Crippen LogP contribution in [0.2, 0.25) is 0 Å². The molecule has 0 aliphatic heterocycles. The number of methoxy groups -OCH3 is 1. The molecular formula is C10H15N3O4. The van der Waals surface area contributed by atoms with Gasteiger partial charge in [-0.1, -0.05) is 0 Å². The average molecular weight is 241 g/mol. The Morgan fingerprint density at radius 2 is 2.35 bits per heavy atom. The summed E-state index contributed by atoms with van der Waals surface area (Å²) in [5.41, 5.74) is -0.0721. The second-order valence-electron chi connectivity index (χ2n) is 3.40. The number of aromatic carboxylic acids is 1. The van der Waals surface area contributed by atoms with Crippen LogP contribution in [0.25, 0.3) is 0 Å². The Balaban J connectivity index is 2.32. The molecule has 0 unspecified atom stereocenters. The molecule has 0 aromatic carbocycles. The molecule has 94 valence electrons.